The van der Waals surface area contributed by atoms with Crippen LogP contribution in [0.25, 0.3) is 11.5 Å². The van der Waals surface area contributed by atoms with Crippen LogP contribution in [0, 0.1) is 5.41 Å². The Bertz CT molecular complexity index is 1030. The molecular weight excluding hydrogens is 441 g/mol. The van der Waals surface area contributed by atoms with Crippen LogP contribution in [-0.4, -0.2) is 58.2 Å². The van der Waals surface area contributed by atoms with Crippen LogP contribution >= 0.6 is 0 Å². The minimum absolute atomic E-state index is 0.000515. The van der Waals surface area contributed by atoms with E-state index in [1.54, 1.807) is 6.92 Å². The molecule has 8 nitrogen and oxygen atoms in total. The zero-order chi connectivity index (χ0) is 23.3. The van der Waals surface area contributed by atoms with Gasteiger partial charge in [-0.3, -0.25) is 4.79 Å². The van der Waals surface area contributed by atoms with E-state index in [0.717, 1.165) is 19.2 Å². The fourth-order valence-electron chi connectivity index (χ4n) is 3.90. The summed E-state index contributed by atoms with van der Waals surface area (Å²) in [4.78, 5) is 17.6. The second-order valence-electron chi connectivity index (χ2n) is 7.94. The Morgan fingerprint density at radius 1 is 1.34 bits per heavy atom. The molecule has 3 heterocycles. The largest absolute Gasteiger partial charge is 0.480 e. The Morgan fingerprint density at radius 3 is 2.62 bits per heavy atom. The van der Waals surface area contributed by atoms with Crippen molar-refractivity contribution in [3.8, 4) is 17.3 Å². The topological polar surface area (TPSA) is 93.4 Å². The van der Waals surface area contributed by atoms with Gasteiger partial charge in [0.25, 0.3) is 11.8 Å². The molecule has 2 aliphatic rings. The molecule has 1 aliphatic carbocycles. The summed E-state index contributed by atoms with van der Waals surface area (Å²) in [6.45, 7) is 1.98. The van der Waals surface area contributed by atoms with E-state index in [9.17, 15) is 26.7 Å². The van der Waals surface area contributed by atoms with Crippen LogP contribution in [0.4, 0.5) is 28.0 Å². The molecule has 1 saturated carbocycles. The highest BCUT2D eigenvalue weighted by Crippen LogP contribution is 2.65. The molecule has 1 unspecified atom stereocenters. The van der Waals surface area contributed by atoms with Crippen LogP contribution in [0.1, 0.15) is 31.9 Å². The lowest BCUT2D eigenvalue weighted by molar-refractivity contribution is -0.141. The molecule has 13 heteroatoms. The maximum Gasteiger partial charge on any atom is 0.433 e. The molecule has 2 fully saturated rings. The van der Waals surface area contributed by atoms with Gasteiger partial charge >= 0.3 is 12.2 Å². The van der Waals surface area contributed by atoms with Crippen molar-refractivity contribution >= 4 is 11.9 Å². The predicted molar refractivity (Wildman–Crippen MR) is 100.0 cm³/mol. The fraction of sp³-hybridized carbons (Fsp3) is 0.579. The van der Waals surface area contributed by atoms with Gasteiger partial charge in [-0.2, -0.15) is 13.2 Å². The van der Waals surface area contributed by atoms with Gasteiger partial charge in [0.1, 0.15) is 17.3 Å². The van der Waals surface area contributed by atoms with Gasteiger partial charge in [0.15, 0.2) is 0 Å². The molecule has 32 heavy (non-hydrogen) atoms. The highest BCUT2D eigenvalue weighted by atomic mass is 19.4. The van der Waals surface area contributed by atoms with Crippen LogP contribution in [0.15, 0.2) is 16.5 Å². The number of hydrogen-bond donors (Lipinski definition) is 1. The number of alkyl halides is 5. The molecule has 2 aromatic rings. The van der Waals surface area contributed by atoms with E-state index < -0.39 is 29.2 Å². The van der Waals surface area contributed by atoms with E-state index in [1.165, 1.54) is 4.90 Å². The molecule has 1 N–H and O–H groups in total. The first kappa shape index (κ1) is 22.2. The number of halogens is 5. The van der Waals surface area contributed by atoms with E-state index in [-0.39, 0.29) is 55.2 Å². The van der Waals surface area contributed by atoms with Crippen LogP contribution in [0.2, 0.25) is 0 Å². The zero-order valence-electron chi connectivity index (χ0n) is 17.2. The molecule has 1 spiro atoms. The average Bonchev–Trinajstić information content (AvgIpc) is 3.14. The first-order chi connectivity index (χ1) is 15.0. The maximum absolute atomic E-state index is 13.6. The Labute approximate surface area is 179 Å². The minimum Gasteiger partial charge on any atom is -0.480 e. The molecular formula is C19H20F5N5O3. The number of hydrogen-bond acceptors (Lipinski definition) is 7. The number of aromatic nitrogens is 3. The van der Waals surface area contributed by atoms with E-state index in [1.807, 2.05) is 0 Å². The van der Waals surface area contributed by atoms with Crippen LogP contribution in [0.3, 0.4) is 0 Å². The summed E-state index contributed by atoms with van der Waals surface area (Å²) >= 11 is 0. The van der Waals surface area contributed by atoms with Crippen molar-refractivity contribution in [3.63, 3.8) is 0 Å². The minimum atomic E-state index is -4.65. The quantitative estimate of drug-likeness (QED) is 0.657. The predicted octanol–water partition coefficient (Wildman–Crippen LogP) is 3.61. The SMILES string of the molecule is CC[C@@H](Nc1nnc(-c2ccc(C(F)(F)F)nc2OC)o1)C(=O)N1CCC2(C1)CC2(F)F. The van der Waals surface area contributed by atoms with Crippen LogP contribution in [-0.2, 0) is 11.0 Å². The van der Waals surface area contributed by atoms with Crippen molar-refractivity contribution in [1.29, 1.82) is 0 Å². The van der Waals surface area contributed by atoms with Crippen molar-refractivity contribution in [2.75, 3.05) is 25.5 Å². The summed E-state index contributed by atoms with van der Waals surface area (Å²) in [5.74, 6) is -3.61. The highest BCUT2D eigenvalue weighted by molar-refractivity contribution is 5.84. The van der Waals surface area contributed by atoms with E-state index >= 15 is 0 Å². The third-order valence-electron chi connectivity index (χ3n) is 5.88. The molecule has 0 bridgehead atoms. The van der Waals surface area contributed by atoms with Crippen molar-refractivity contribution < 1.29 is 35.9 Å². The number of amides is 1. The highest BCUT2D eigenvalue weighted by Gasteiger charge is 2.73. The molecule has 1 amide bonds. The summed E-state index contributed by atoms with van der Waals surface area (Å²) in [6.07, 6.45) is -4.28. The van der Waals surface area contributed by atoms with Crippen molar-refractivity contribution in [2.45, 2.75) is 44.3 Å². The number of ether oxygens (including phenoxy) is 1. The molecule has 2 aromatic heterocycles. The third kappa shape index (κ3) is 3.84. The summed E-state index contributed by atoms with van der Waals surface area (Å²) in [5.41, 5.74) is -2.21. The van der Waals surface area contributed by atoms with E-state index in [4.69, 9.17) is 9.15 Å². The third-order valence-corrected chi connectivity index (χ3v) is 5.88. The second kappa shape index (κ2) is 7.55. The first-order valence-corrected chi connectivity index (χ1v) is 9.89. The molecule has 4 rings (SSSR count). The van der Waals surface area contributed by atoms with Gasteiger partial charge in [-0.05, 0) is 25.0 Å². The Morgan fingerprint density at radius 2 is 2.06 bits per heavy atom. The number of likely N-dealkylation sites (tertiary alicyclic amines) is 1. The van der Waals surface area contributed by atoms with Gasteiger partial charge in [0.05, 0.1) is 12.5 Å². The van der Waals surface area contributed by atoms with E-state index in [0.29, 0.717) is 6.42 Å². The number of rotatable bonds is 6. The smallest absolute Gasteiger partial charge is 0.433 e. The van der Waals surface area contributed by atoms with Crippen LogP contribution < -0.4 is 10.1 Å². The lowest BCUT2D eigenvalue weighted by Crippen LogP contribution is -2.42. The molecule has 1 aliphatic heterocycles. The van der Waals surface area contributed by atoms with Gasteiger partial charge < -0.3 is 19.4 Å². The monoisotopic (exact) mass is 461 g/mol. The summed E-state index contributed by atoms with van der Waals surface area (Å²) in [7, 11) is 1.15. The number of nitrogens with zero attached hydrogens (tertiary/aromatic N) is 4. The number of nitrogens with one attached hydrogen (secondary N) is 1. The Hall–Kier alpha value is -2.99. The summed E-state index contributed by atoms with van der Waals surface area (Å²) in [5, 5.41) is 10.3. The van der Waals surface area contributed by atoms with Gasteiger partial charge in [-0.1, -0.05) is 12.0 Å². The average molecular weight is 461 g/mol. The van der Waals surface area contributed by atoms with Crippen molar-refractivity contribution in [3.05, 3.63) is 17.8 Å². The zero-order valence-corrected chi connectivity index (χ0v) is 17.2. The number of carbonyl (C=O) groups excluding carboxylic acids is 1. The maximum atomic E-state index is 13.6. The number of methoxy groups -OCH3 is 1. The number of pyridine rings is 1. The number of anilines is 1. The molecule has 0 radical (unpaired) electrons. The Kier molecular flexibility index (Phi) is 5.24. The molecule has 174 valence electrons. The van der Waals surface area contributed by atoms with Gasteiger partial charge in [-0.15, -0.1) is 5.10 Å². The Balaban J connectivity index is 1.47. The van der Waals surface area contributed by atoms with Gasteiger partial charge in [0.2, 0.25) is 11.8 Å². The van der Waals surface area contributed by atoms with Crippen molar-refractivity contribution in [1.82, 2.24) is 20.1 Å². The molecule has 2 atom stereocenters. The van der Waals surface area contributed by atoms with Crippen LogP contribution in [0.5, 0.6) is 5.88 Å². The van der Waals surface area contributed by atoms with Gasteiger partial charge in [0, 0.05) is 19.5 Å². The van der Waals surface area contributed by atoms with Gasteiger partial charge in [-0.25, -0.2) is 13.8 Å². The van der Waals surface area contributed by atoms with Crippen molar-refractivity contribution in [2.24, 2.45) is 5.41 Å². The summed E-state index contributed by atoms with van der Waals surface area (Å²) in [6, 6.07) is 0.907. The lowest BCUT2D eigenvalue weighted by atomic mass is 10.1. The number of carbonyl (C=O) groups is 1. The lowest BCUT2D eigenvalue weighted by Gasteiger charge is -2.22. The molecule has 0 aromatic carbocycles. The normalized spacial score (nSPS) is 22.8. The first-order valence-electron chi connectivity index (χ1n) is 9.89. The summed E-state index contributed by atoms with van der Waals surface area (Å²) < 4.78 is 76.2. The molecule has 1 saturated heterocycles. The standard InChI is InChI=1S/C19H20F5N5O3/c1-3-11(15(30)29-7-6-17(9-29)8-18(17,20)21)25-16-28-27-14(32-16)10-4-5-12(19(22,23)24)26-13(10)31-2/h4-5,11H,3,6-9H2,1-2H3,(H,25,28)/t11-,17?/m1/s1. The fourth-order valence-corrected chi connectivity index (χ4v) is 3.90. The van der Waals surface area contributed by atoms with E-state index in [2.05, 4.69) is 20.5 Å². The second-order valence-corrected chi connectivity index (χ2v) is 7.94.